The smallest absolute Gasteiger partial charge is 0.303 e. The Hall–Kier alpha value is -1.59. The Labute approximate surface area is 166 Å². The largest absolute Gasteiger partial charge is 0.481 e. The second kappa shape index (κ2) is 32.1. The van der Waals surface area contributed by atoms with Gasteiger partial charge in [0.1, 0.15) is 0 Å². The predicted octanol–water partition coefficient (Wildman–Crippen LogP) is 6.37. The summed E-state index contributed by atoms with van der Waals surface area (Å²) in [7, 11) is 0. The van der Waals surface area contributed by atoms with Crippen LogP contribution in [0.5, 0.6) is 0 Å². The number of hydrogen-bond acceptors (Lipinski definition) is 3. The summed E-state index contributed by atoms with van der Waals surface area (Å²) in [5.41, 5.74) is 0. The molecule has 3 N–H and O–H groups in total. The molecule has 164 valence electrons. The molecule has 0 spiro atoms. The molecule has 0 amide bonds. The van der Waals surface area contributed by atoms with Gasteiger partial charge in [0.05, 0.1) is 0 Å². The second-order valence-electron chi connectivity index (χ2n) is 6.26. The van der Waals surface area contributed by atoms with E-state index >= 15 is 0 Å². The van der Waals surface area contributed by atoms with Gasteiger partial charge < -0.3 is 15.3 Å². The molecule has 0 aliphatic heterocycles. The van der Waals surface area contributed by atoms with Crippen LogP contribution < -0.4 is 0 Å². The molecule has 6 heteroatoms. The van der Waals surface area contributed by atoms with E-state index in [1.54, 1.807) is 0 Å². The molecule has 0 aliphatic carbocycles. The van der Waals surface area contributed by atoms with Crippen molar-refractivity contribution in [2.75, 3.05) is 0 Å². The van der Waals surface area contributed by atoms with Gasteiger partial charge in [-0.05, 0) is 19.3 Å². The lowest BCUT2D eigenvalue weighted by atomic mass is 10.2. The quantitative estimate of drug-likeness (QED) is 0.333. The van der Waals surface area contributed by atoms with Crippen LogP contribution in [0.1, 0.15) is 118 Å². The van der Waals surface area contributed by atoms with E-state index in [2.05, 4.69) is 34.6 Å². The van der Waals surface area contributed by atoms with Crippen LogP contribution in [0.15, 0.2) is 0 Å². The predicted molar refractivity (Wildman–Crippen MR) is 111 cm³/mol. The summed E-state index contributed by atoms with van der Waals surface area (Å²) >= 11 is 0. The van der Waals surface area contributed by atoms with Gasteiger partial charge in [0.15, 0.2) is 0 Å². The minimum absolute atomic E-state index is 0.327. The van der Waals surface area contributed by atoms with Crippen LogP contribution in [0.2, 0.25) is 0 Å². The normalized spacial score (nSPS) is 8.78. The van der Waals surface area contributed by atoms with Gasteiger partial charge in [-0.2, -0.15) is 0 Å². The van der Waals surface area contributed by atoms with Gasteiger partial charge in [0.2, 0.25) is 0 Å². The SMILES string of the molecule is CCC.CCCCCC(=O)O.CCCCCC(=O)O.CCCCCC(=O)O. The van der Waals surface area contributed by atoms with Crippen LogP contribution in [-0.2, 0) is 14.4 Å². The highest BCUT2D eigenvalue weighted by atomic mass is 16.4. The van der Waals surface area contributed by atoms with Crippen LogP contribution in [-0.4, -0.2) is 33.2 Å². The van der Waals surface area contributed by atoms with Crippen molar-refractivity contribution in [2.24, 2.45) is 0 Å². The van der Waals surface area contributed by atoms with E-state index in [-0.39, 0.29) is 0 Å². The van der Waals surface area contributed by atoms with E-state index in [0.29, 0.717) is 19.3 Å². The first-order valence-electron chi connectivity index (χ1n) is 10.4. The molecule has 0 saturated carbocycles. The molecule has 0 bridgehead atoms. The van der Waals surface area contributed by atoms with E-state index in [4.69, 9.17) is 15.3 Å². The Morgan fingerprint density at radius 3 is 0.778 bits per heavy atom. The molecule has 0 aromatic heterocycles. The Morgan fingerprint density at radius 1 is 0.481 bits per heavy atom. The summed E-state index contributed by atoms with van der Waals surface area (Å²) in [6.07, 6.45) is 11.1. The molecule has 27 heavy (non-hydrogen) atoms. The summed E-state index contributed by atoms with van der Waals surface area (Å²) in [4.78, 5) is 29.6. The molecule has 0 radical (unpaired) electrons. The van der Waals surface area contributed by atoms with Gasteiger partial charge in [-0.3, -0.25) is 14.4 Å². The van der Waals surface area contributed by atoms with Gasteiger partial charge in [0.25, 0.3) is 0 Å². The number of aliphatic carboxylic acids is 3. The third-order valence-electron chi connectivity index (χ3n) is 2.98. The van der Waals surface area contributed by atoms with Crippen molar-refractivity contribution in [3.63, 3.8) is 0 Å². The number of carbonyl (C=O) groups is 3. The Balaban J connectivity index is -0.000000137. The molecular formula is C21H44O6. The highest BCUT2D eigenvalue weighted by Gasteiger charge is 1.94. The average Bonchev–Trinajstić information content (AvgIpc) is 2.57. The van der Waals surface area contributed by atoms with Crippen LogP contribution >= 0.6 is 0 Å². The molecule has 0 aromatic carbocycles. The van der Waals surface area contributed by atoms with Crippen molar-refractivity contribution >= 4 is 17.9 Å². The molecule has 0 unspecified atom stereocenters. The number of unbranched alkanes of at least 4 members (excludes halogenated alkanes) is 6. The first kappa shape index (κ1) is 33.0. The summed E-state index contributed by atoms with van der Waals surface area (Å²) in [5.74, 6) is -2.05. The Bertz CT molecular complexity index is 268. The zero-order valence-electron chi connectivity index (χ0n) is 18.3. The van der Waals surface area contributed by atoms with Crippen molar-refractivity contribution in [1.29, 1.82) is 0 Å². The Kier molecular flexibility index (Phi) is 39.3. The second-order valence-corrected chi connectivity index (χ2v) is 6.26. The monoisotopic (exact) mass is 392 g/mol. The summed E-state index contributed by atoms with van der Waals surface area (Å²) < 4.78 is 0. The lowest BCUT2D eigenvalue weighted by Gasteiger charge is -1.89. The molecule has 0 aromatic rings. The van der Waals surface area contributed by atoms with Gasteiger partial charge >= 0.3 is 17.9 Å². The van der Waals surface area contributed by atoms with E-state index < -0.39 is 17.9 Å². The van der Waals surface area contributed by atoms with Crippen molar-refractivity contribution in [2.45, 2.75) is 118 Å². The average molecular weight is 393 g/mol. The molecule has 0 rings (SSSR count). The van der Waals surface area contributed by atoms with Gasteiger partial charge in [-0.1, -0.05) is 79.6 Å². The maximum atomic E-state index is 9.87. The number of rotatable bonds is 12. The molecular weight excluding hydrogens is 348 g/mol. The van der Waals surface area contributed by atoms with Gasteiger partial charge in [-0.25, -0.2) is 0 Å². The van der Waals surface area contributed by atoms with Crippen molar-refractivity contribution in [3.8, 4) is 0 Å². The topological polar surface area (TPSA) is 112 Å². The van der Waals surface area contributed by atoms with Crippen molar-refractivity contribution < 1.29 is 29.7 Å². The molecule has 0 aliphatic rings. The molecule has 0 fully saturated rings. The van der Waals surface area contributed by atoms with Crippen LogP contribution in [0.25, 0.3) is 0 Å². The fraction of sp³-hybridized carbons (Fsp3) is 0.857. The minimum Gasteiger partial charge on any atom is -0.481 e. The lowest BCUT2D eigenvalue weighted by Crippen LogP contribution is -1.92. The molecule has 0 saturated heterocycles. The fourth-order valence-corrected chi connectivity index (χ4v) is 1.58. The third-order valence-corrected chi connectivity index (χ3v) is 2.98. The molecule has 0 heterocycles. The van der Waals surface area contributed by atoms with Gasteiger partial charge in [0, 0.05) is 19.3 Å². The standard InChI is InChI=1S/3C6H12O2.C3H8/c3*1-2-3-4-5-6(7)8;1-3-2/h3*2-5H2,1H3,(H,7,8);3H2,1-2H3. The summed E-state index contributed by atoms with van der Waals surface area (Å²) in [6.45, 7) is 10.4. The molecule has 0 atom stereocenters. The zero-order valence-corrected chi connectivity index (χ0v) is 18.3. The van der Waals surface area contributed by atoms with Crippen LogP contribution in [0.3, 0.4) is 0 Å². The van der Waals surface area contributed by atoms with Crippen LogP contribution in [0.4, 0.5) is 0 Å². The van der Waals surface area contributed by atoms with E-state index in [9.17, 15) is 14.4 Å². The lowest BCUT2D eigenvalue weighted by molar-refractivity contribution is -0.138. The first-order chi connectivity index (χ1) is 12.7. The van der Waals surface area contributed by atoms with Crippen molar-refractivity contribution in [3.05, 3.63) is 0 Å². The van der Waals surface area contributed by atoms with E-state index in [1.807, 2.05) is 0 Å². The zero-order chi connectivity index (χ0) is 21.9. The highest BCUT2D eigenvalue weighted by molar-refractivity contribution is 5.67. The maximum absolute atomic E-state index is 9.87. The summed E-state index contributed by atoms with van der Waals surface area (Å²) in [6, 6.07) is 0. The molecule has 6 nitrogen and oxygen atoms in total. The van der Waals surface area contributed by atoms with Gasteiger partial charge in [-0.15, -0.1) is 0 Å². The fourth-order valence-electron chi connectivity index (χ4n) is 1.58. The van der Waals surface area contributed by atoms with Crippen molar-refractivity contribution in [1.82, 2.24) is 0 Å². The number of carboxylic acids is 3. The first-order valence-corrected chi connectivity index (χ1v) is 10.4. The minimum atomic E-state index is -0.682. The third kappa shape index (κ3) is 68.2. The number of hydrogen-bond donors (Lipinski definition) is 3. The maximum Gasteiger partial charge on any atom is 0.303 e. The van der Waals surface area contributed by atoms with Crippen LogP contribution in [0, 0.1) is 0 Å². The van der Waals surface area contributed by atoms with E-state index in [1.165, 1.54) is 6.42 Å². The Morgan fingerprint density at radius 2 is 0.667 bits per heavy atom. The van der Waals surface area contributed by atoms with E-state index in [0.717, 1.165) is 57.8 Å². The number of carboxylic acid groups (broad SMARTS) is 3. The summed E-state index contributed by atoms with van der Waals surface area (Å²) in [5, 5.41) is 24.4. The highest BCUT2D eigenvalue weighted by Crippen LogP contribution is 1.98.